The van der Waals surface area contributed by atoms with Gasteiger partial charge in [0.25, 0.3) is 0 Å². The van der Waals surface area contributed by atoms with Gasteiger partial charge in [0.1, 0.15) is 0 Å². The Hall–Kier alpha value is -2.33. The largest absolute Gasteiger partial charge is 0.493 e. The van der Waals surface area contributed by atoms with Crippen LogP contribution in [0.4, 0.5) is 0 Å². The highest BCUT2D eigenvalue weighted by Gasteiger charge is 2.32. The second-order valence-corrected chi connectivity index (χ2v) is 7.12. The lowest BCUT2D eigenvalue weighted by atomic mass is 9.94. The molecule has 0 radical (unpaired) electrons. The minimum atomic E-state index is -0.0134. The molecule has 0 amide bonds. The van der Waals surface area contributed by atoms with Crippen LogP contribution >= 0.6 is 0 Å². The SMILES string of the molecule is CCN(CC)Cc1cccc(CC2Cc3cc(OC)c(OC)cc3C2=O)c1. The van der Waals surface area contributed by atoms with E-state index in [1.165, 1.54) is 11.1 Å². The zero-order chi connectivity index (χ0) is 19.4. The van der Waals surface area contributed by atoms with Gasteiger partial charge in [-0.1, -0.05) is 38.1 Å². The Morgan fingerprint density at radius 2 is 1.67 bits per heavy atom. The first-order valence-corrected chi connectivity index (χ1v) is 9.68. The maximum Gasteiger partial charge on any atom is 0.167 e. The lowest BCUT2D eigenvalue weighted by molar-refractivity contribution is 0.0936. The third kappa shape index (κ3) is 4.16. The van der Waals surface area contributed by atoms with E-state index in [1.54, 1.807) is 14.2 Å². The van der Waals surface area contributed by atoms with Crippen LogP contribution in [0.15, 0.2) is 36.4 Å². The number of carbonyl (C=O) groups excluding carboxylic acids is 1. The molecule has 3 rings (SSSR count). The lowest BCUT2D eigenvalue weighted by Gasteiger charge is -2.18. The minimum Gasteiger partial charge on any atom is -0.493 e. The van der Waals surface area contributed by atoms with Crippen LogP contribution in [0, 0.1) is 5.92 Å². The molecule has 0 bridgehead atoms. The molecular weight excluding hydrogens is 338 g/mol. The number of carbonyl (C=O) groups is 1. The fraction of sp³-hybridized carbons (Fsp3) is 0.435. The number of hydrogen-bond donors (Lipinski definition) is 0. The lowest BCUT2D eigenvalue weighted by Crippen LogP contribution is -2.22. The zero-order valence-corrected chi connectivity index (χ0v) is 16.7. The number of ketones is 1. The highest BCUT2D eigenvalue weighted by molar-refractivity contribution is 6.03. The predicted octanol–water partition coefficient (Wildman–Crippen LogP) is 4.14. The van der Waals surface area contributed by atoms with Gasteiger partial charge < -0.3 is 9.47 Å². The van der Waals surface area contributed by atoms with Crippen LogP contribution in [0.5, 0.6) is 11.5 Å². The summed E-state index contributed by atoms with van der Waals surface area (Å²) in [7, 11) is 3.22. The average molecular weight is 367 g/mol. The van der Waals surface area contributed by atoms with Crippen molar-refractivity contribution in [2.75, 3.05) is 27.3 Å². The summed E-state index contributed by atoms with van der Waals surface area (Å²) in [6.07, 6.45) is 1.53. The first-order valence-electron chi connectivity index (χ1n) is 9.68. The van der Waals surface area contributed by atoms with Gasteiger partial charge in [-0.15, -0.1) is 0 Å². The topological polar surface area (TPSA) is 38.8 Å². The van der Waals surface area contributed by atoms with Crippen molar-refractivity contribution in [2.24, 2.45) is 5.92 Å². The number of fused-ring (bicyclic) bond motifs is 1. The number of nitrogens with zero attached hydrogens (tertiary/aromatic N) is 1. The highest BCUT2D eigenvalue weighted by Crippen LogP contribution is 2.37. The van der Waals surface area contributed by atoms with Gasteiger partial charge in [0.05, 0.1) is 14.2 Å². The maximum absolute atomic E-state index is 12.9. The molecule has 0 spiro atoms. The monoisotopic (exact) mass is 367 g/mol. The Morgan fingerprint density at radius 3 is 2.33 bits per heavy atom. The number of benzene rings is 2. The molecule has 0 N–H and O–H groups in total. The summed E-state index contributed by atoms with van der Waals surface area (Å²) in [6.45, 7) is 7.41. The summed E-state index contributed by atoms with van der Waals surface area (Å²) >= 11 is 0. The molecule has 1 atom stereocenters. The van der Waals surface area contributed by atoms with Crippen LogP contribution < -0.4 is 9.47 Å². The summed E-state index contributed by atoms with van der Waals surface area (Å²) < 4.78 is 10.7. The Morgan fingerprint density at radius 1 is 1.00 bits per heavy atom. The molecule has 1 aliphatic rings. The smallest absolute Gasteiger partial charge is 0.167 e. The van der Waals surface area contributed by atoms with E-state index in [0.717, 1.165) is 43.6 Å². The minimum absolute atomic E-state index is 0.0134. The highest BCUT2D eigenvalue weighted by atomic mass is 16.5. The van der Waals surface area contributed by atoms with E-state index in [2.05, 4.69) is 43.0 Å². The third-order valence-corrected chi connectivity index (χ3v) is 5.49. The molecule has 2 aromatic carbocycles. The van der Waals surface area contributed by atoms with Gasteiger partial charge in [0.2, 0.25) is 0 Å². The quantitative estimate of drug-likeness (QED) is 0.703. The van der Waals surface area contributed by atoms with Crippen molar-refractivity contribution >= 4 is 5.78 Å². The van der Waals surface area contributed by atoms with Gasteiger partial charge in [0, 0.05) is 18.0 Å². The van der Waals surface area contributed by atoms with Gasteiger partial charge in [0.15, 0.2) is 17.3 Å². The van der Waals surface area contributed by atoms with Gasteiger partial charge in [-0.3, -0.25) is 9.69 Å². The van der Waals surface area contributed by atoms with Gasteiger partial charge >= 0.3 is 0 Å². The van der Waals surface area contributed by atoms with Crippen LogP contribution in [0.25, 0.3) is 0 Å². The van der Waals surface area contributed by atoms with Crippen molar-refractivity contribution in [2.45, 2.75) is 33.2 Å². The molecule has 4 nitrogen and oxygen atoms in total. The van der Waals surface area contributed by atoms with Crippen molar-refractivity contribution in [1.82, 2.24) is 4.90 Å². The summed E-state index contributed by atoms with van der Waals surface area (Å²) in [6, 6.07) is 12.4. The summed E-state index contributed by atoms with van der Waals surface area (Å²) in [5, 5.41) is 0. The van der Waals surface area contributed by atoms with Crippen molar-refractivity contribution in [3.63, 3.8) is 0 Å². The second kappa shape index (κ2) is 8.57. The van der Waals surface area contributed by atoms with Crippen molar-refractivity contribution in [1.29, 1.82) is 0 Å². The van der Waals surface area contributed by atoms with E-state index in [-0.39, 0.29) is 11.7 Å². The van der Waals surface area contributed by atoms with E-state index in [0.29, 0.717) is 11.5 Å². The standard InChI is InChI=1S/C23H29NO3/c1-5-24(6-2)15-17-9-7-8-16(10-17)11-19-12-18-13-21(26-3)22(27-4)14-20(18)23(19)25/h7-10,13-14,19H,5-6,11-12,15H2,1-4H3. The van der Waals surface area contributed by atoms with E-state index in [4.69, 9.17) is 9.47 Å². The van der Waals surface area contributed by atoms with E-state index in [1.807, 2.05) is 12.1 Å². The molecule has 2 aromatic rings. The number of Topliss-reactive ketones (excluding diaryl/α,β-unsaturated/α-hetero) is 1. The molecule has 0 fully saturated rings. The summed E-state index contributed by atoms with van der Waals surface area (Å²) in [5.41, 5.74) is 4.37. The molecule has 0 heterocycles. The molecule has 0 saturated heterocycles. The Labute approximate surface area is 162 Å². The Kier molecular flexibility index (Phi) is 6.17. The Bertz CT molecular complexity index is 811. The molecule has 0 aliphatic heterocycles. The first-order chi connectivity index (χ1) is 13.1. The number of rotatable bonds is 8. The third-order valence-electron chi connectivity index (χ3n) is 5.49. The molecule has 4 heteroatoms. The molecule has 144 valence electrons. The van der Waals surface area contributed by atoms with E-state index >= 15 is 0 Å². The van der Waals surface area contributed by atoms with Crippen molar-refractivity contribution < 1.29 is 14.3 Å². The zero-order valence-electron chi connectivity index (χ0n) is 16.7. The predicted molar refractivity (Wildman–Crippen MR) is 108 cm³/mol. The molecule has 1 unspecified atom stereocenters. The van der Waals surface area contributed by atoms with Crippen LogP contribution in [0.3, 0.4) is 0 Å². The normalized spacial score (nSPS) is 15.9. The summed E-state index contributed by atoms with van der Waals surface area (Å²) in [5.74, 6) is 1.50. The first kappa shape index (κ1) is 19.4. The van der Waals surface area contributed by atoms with Crippen molar-refractivity contribution in [3.05, 3.63) is 58.7 Å². The van der Waals surface area contributed by atoms with E-state index < -0.39 is 0 Å². The second-order valence-electron chi connectivity index (χ2n) is 7.12. The van der Waals surface area contributed by atoms with Crippen molar-refractivity contribution in [3.8, 4) is 11.5 Å². The summed E-state index contributed by atoms with van der Waals surface area (Å²) in [4.78, 5) is 15.3. The fourth-order valence-electron chi connectivity index (χ4n) is 3.91. The average Bonchev–Trinajstić information content (AvgIpc) is 2.99. The molecule has 1 aliphatic carbocycles. The molecule has 0 saturated carbocycles. The number of ether oxygens (including phenoxy) is 2. The maximum atomic E-state index is 12.9. The van der Waals surface area contributed by atoms with Gasteiger partial charge in [-0.05, 0) is 54.8 Å². The molecule has 27 heavy (non-hydrogen) atoms. The fourth-order valence-corrected chi connectivity index (χ4v) is 3.91. The van der Waals surface area contributed by atoms with Crippen LogP contribution in [0.2, 0.25) is 0 Å². The van der Waals surface area contributed by atoms with Crippen LogP contribution in [-0.4, -0.2) is 38.0 Å². The van der Waals surface area contributed by atoms with Gasteiger partial charge in [-0.2, -0.15) is 0 Å². The van der Waals surface area contributed by atoms with Crippen LogP contribution in [-0.2, 0) is 19.4 Å². The molecule has 0 aromatic heterocycles. The van der Waals surface area contributed by atoms with Crippen LogP contribution in [0.1, 0.15) is 40.9 Å². The number of hydrogen-bond acceptors (Lipinski definition) is 4. The Balaban J connectivity index is 1.76. The van der Waals surface area contributed by atoms with E-state index in [9.17, 15) is 4.79 Å². The number of methoxy groups -OCH3 is 2. The van der Waals surface area contributed by atoms with Gasteiger partial charge in [-0.25, -0.2) is 0 Å². The molecular formula is C23H29NO3.